The van der Waals surface area contributed by atoms with E-state index in [1.807, 2.05) is 12.1 Å². The lowest BCUT2D eigenvalue weighted by Crippen LogP contribution is -1.88. The van der Waals surface area contributed by atoms with Crippen molar-refractivity contribution in [1.29, 1.82) is 0 Å². The second kappa shape index (κ2) is 4.04. The van der Waals surface area contributed by atoms with Gasteiger partial charge in [-0.05, 0) is 19.1 Å². The van der Waals surface area contributed by atoms with Gasteiger partial charge in [0.1, 0.15) is 12.0 Å². The summed E-state index contributed by atoms with van der Waals surface area (Å²) in [6, 6.07) is 3.63. The third kappa shape index (κ3) is 1.93. The number of pyridine rings is 1. The minimum atomic E-state index is 0.292. The summed E-state index contributed by atoms with van der Waals surface area (Å²) >= 11 is 0. The maximum absolute atomic E-state index is 10.4. The number of aldehydes is 1. The number of oxazole rings is 1. The minimum Gasteiger partial charge on any atom is -0.441 e. The molecule has 0 unspecified atom stereocenters. The molecule has 4 nitrogen and oxygen atoms in total. The molecule has 0 saturated heterocycles. The van der Waals surface area contributed by atoms with Crippen LogP contribution in [0.15, 0.2) is 28.9 Å². The van der Waals surface area contributed by atoms with E-state index >= 15 is 0 Å². The van der Waals surface area contributed by atoms with Crippen LogP contribution in [0.4, 0.5) is 0 Å². The van der Waals surface area contributed by atoms with Crippen LogP contribution in [-0.4, -0.2) is 16.3 Å². The largest absolute Gasteiger partial charge is 0.441 e. The van der Waals surface area contributed by atoms with Crippen LogP contribution in [0.5, 0.6) is 0 Å². The fourth-order valence-electron chi connectivity index (χ4n) is 1.31. The van der Waals surface area contributed by atoms with E-state index in [0.717, 1.165) is 11.8 Å². The zero-order chi connectivity index (χ0) is 10.7. The Kier molecular flexibility index (Phi) is 2.58. The Balaban J connectivity index is 2.38. The first kappa shape index (κ1) is 9.58. The van der Waals surface area contributed by atoms with Gasteiger partial charge in [-0.15, -0.1) is 0 Å². The molecule has 0 N–H and O–H groups in total. The molecule has 0 aromatic carbocycles. The molecular weight excluding hydrogens is 192 g/mol. The summed E-state index contributed by atoms with van der Waals surface area (Å²) in [4.78, 5) is 18.5. The quantitative estimate of drug-likeness (QED) is 0.712. The van der Waals surface area contributed by atoms with Crippen molar-refractivity contribution >= 4 is 6.29 Å². The molecule has 0 aliphatic carbocycles. The van der Waals surface area contributed by atoms with E-state index in [9.17, 15) is 4.79 Å². The summed E-state index contributed by atoms with van der Waals surface area (Å²) in [5.74, 6) is 1.22. The van der Waals surface area contributed by atoms with Gasteiger partial charge in [-0.2, -0.15) is 0 Å². The van der Waals surface area contributed by atoms with Crippen molar-refractivity contribution in [1.82, 2.24) is 9.97 Å². The molecule has 0 bridgehead atoms. The third-order valence-electron chi connectivity index (χ3n) is 2.10. The average molecular weight is 202 g/mol. The highest BCUT2D eigenvalue weighted by Gasteiger charge is 2.10. The van der Waals surface area contributed by atoms with Crippen LogP contribution in [0.1, 0.15) is 11.5 Å². The highest BCUT2D eigenvalue weighted by Crippen LogP contribution is 2.20. The molecule has 76 valence electrons. The molecule has 0 amide bonds. The van der Waals surface area contributed by atoms with E-state index < -0.39 is 0 Å². The van der Waals surface area contributed by atoms with Crippen LogP contribution in [0.2, 0.25) is 0 Å². The first-order valence-corrected chi connectivity index (χ1v) is 4.61. The summed E-state index contributed by atoms with van der Waals surface area (Å²) < 4.78 is 5.46. The molecule has 0 atom stereocenters. The summed E-state index contributed by atoms with van der Waals surface area (Å²) in [7, 11) is 0. The van der Waals surface area contributed by atoms with Crippen LogP contribution in [0, 0.1) is 6.92 Å². The van der Waals surface area contributed by atoms with Gasteiger partial charge in [0.25, 0.3) is 0 Å². The zero-order valence-corrected chi connectivity index (χ0v) is 8.30. The first-order chi connectivity index (χ1) is 7.31. The molecule has 2 rings (SSSR count). The van der Waals surface area contributed by atoms with Gasteiger partial charge in [0.2, 0.25) is 5.89 Å². The topological polar surface area (TPSA) is 56.0 Å². The van der Waals surface area contributed by atoms with Crippen molar-refractivity contribution in [2.45, 2.75) is 13.3 Å². The summed E-state index contributed by atoms with van der Waals surface area (Å²) in [5, 5.41) is 0. The lowest BCUT2D eigenvalue weighted by molar-refractivity contribution is -0.107. The van der Waals surface area contributed by atoms with E-state index in [1.165, 1.54) is 0 Å². The van der Waals surface area contributed by atoms with E-state index in [1.54, 1.807) is 19.3 Å². The maximum Gasteiger partial charge on any atom is 0.226 e. The van der Waals surface area contributed by atoms with E-state index in [-0.39, 0.29) is 0 Å². The molecule has 0 radical (unpaired) electrons. The first-order valence-electron chi connectivity index (χ1n) is 4.61. The molecule has 2 heterocycles. The lowest BCUT2D eigenvalue weighted by atomic mass is 10.3. The lowest BCUT2D eigenvalue weighted by Gasteiger charge is -1.91. The zero-order valence-electron chi connectivity index (χ0n) is 8.30. The van der Waals surface area contributed by atoms with Gasteiger partial charge in [-0.1, -0.05) is 0 Å². The average Bonchev–Trinajstić information content (AvgIpc) is 2.63. The Morgan fingerprint density at radius 3 is 2.80 bits per heavy atom. The number of rotatable bonds is 3. The van der Waals surface area contributed by atoms with Crippen molar-refractivity contribution in [2.24, 2.45) is 0 Å². The normalized spacial score (nSPS) is 10.2. The molecule has 2 aromatic rings. The van der Waals surface area contributed by atoms with Crippen LogP contribution < -0.4 is 0 Å². The Hall–Kier alpha value is -1.97. The van der Waals surface area contributed by atoms with Gasteiger partial charge < -0.3 is 9.21 Å². The standard InChI is InChI=1S/C11H10N2O2/c1-8-10(4-7-14)13-11(15-8)9-2-5-12-6-3-9/h2-3,5-7H,4H2,1H3. The Labute approximate surface area is 87.0 Å². The SMILES string of the molecule is Cc1oc(-c2ccncc2)nc1CC=O. The predicted molar refractivity (Wildman–Crippen MR) is 54.2 cm³/mol. The predicted octanol–water partition coefficient (Wildman–Crippen LogP) is 1.79. The Morgan fingerprint density at radius 1 is 1.40 bits per heavy atom. The highest BCUT2D eigenvalue weighted by atomic mass is 16.4. The molecule has 15 heavy (non-hydrogen) atoms. The number of aromatic nitrogens is 2. The molecular formula is C11H10N2O2. The number of carbonyl (C=O) groups excluding carboxylic acids is 1. The van der Waals surface area contributed by atoms with Crippen molar-refractivity contribution in [3.8, 4) is 11.5 Å². The van der Waals surface area contributed by atoms with Gasteiger partial charge in [0, 0.05) is 24.4 Å². The van der Waals surface area contributed by atoms with Gasteiger partial charge in [0.05, 0.1) is 5.69 Å². The summed E-state index contributed by atoms with van der Waals surface area (Å²) in [6.45, 7) is 1.80. The molecule has 0 aliphatic heterocycles. The van der Waals surface area contributed by atoms with Crippen molar-refractivity contribution in [3.63, 3.8) is 0 Å². The van der Waals surface area contributed by atoms with Crippen molar-refractivity contribution < 1.29 is 9.21 Å². The van der Waals surface area contributed by atoms with Gasteiger partial charge in [0.15, 0.2) is 0 Å². The molecule has 0 spiro atoms. The third-order valence-corrected chi connectivity index (χ3v) is 2.10. The Morgan fingerprint density at radius 2 is 2.13 bits per heavy atom. The van der Waals surface area contributed by atoms with Crippen molar-refractivity contribution in [2.75, 3.05) is 0 Å². The van der Waals surface area contributed by atoms with Gasteiger partial charge in [-0.25, -0.2) is 4.98 Å². The van der Waals surface area contributed by atoms with Crippen LogP contribution in [-0.2, 0) is 11.2 Å². The number of hydrogen-bond acceptors (Lipinski definition) is 4. The molecule has 2 aromatic heterocycles. The fourth-order valence-corrected chi connectivity index (χ4v) is 1.31. The van der Waals surface area contributed by atoms with E-state index in [4.69, 9.17) is 4.42 Å². The second-order valence-corrected chi connectivity index (χ2v) is 3.13. The second-order valence-electron chi connectivity index (χ2n) is 3.13. The Bertz CT molecular complexity index is 463. The monoisotopic (exact) mass is 202 g/mol. The molecule has 0 aliphatic rings. The number of carbonyl (C=O) groups is 1. The molecule has 4 heteroatoms. The highest BCUT2D eigenvalue weighted by molar-refractivity contribution is 5.57. The van der Waals surface area contributed by atoms with E-state index in [2.05, 4.69) is 9.97 Å². The molecule has 0 saturated carbocycles. The smallest absolute Gasteiger partial charge is 0.226 e. The van der Waals surface area contributed by atoms with Crippen molar-refractivity contribution in [3.05, 3.63) is 36.0 Å². The maximum atomic E-state index is 10.4. The van der Waals surface area contributed by atoms with Crippen LogP contribution in [0.3, 0.4) is 0 Å². The van der Waals surface area contributed by atoms with Crippen LogP contribution in [0.25, 0.3) is 11.5 Å². The van der Waals surface area contributed by atoms with E-state index in [0.29, 0.717) is 23.8 Å². The summed E-state index contributed by atoms with van der Waals surface area (Å²) in [5.41, 5.74) is 1.56. The fraction of sp³-hybridized carbons (Fsp3) is 0.182. The molecule has 0 fully saturated rings. The van der Waals surface area contributed by atoms with Crippen LogP contribution >= 0.6 is 0 Å². The van der Waals surface area contributed by atoms with Gasteiger partial charge in [-0.3, -0.25) is 4.98 Å². The number of hydrogen-bond donors (Lipinski definition) is 0. The van der Waals surface area contributed by atoms with Gasteiger partial charge >= 0.3 is 0 Å². The minimum absolute atomic E-state index is 0.292. The number of nitrogens with zero attached hydrogens (tertiary/aromatic N) is 2. The number of aryl methyl sites for hydroxylation is 1. The summed E-state index contributed by atoms with van der Waals surface area (Å²) in [6.07, 6.45) is 4.46.